The maximum absolute atomic E-state index is 11.5. The minimum absolute atomic E-state index is 0.442. The Labute approximate surface area is 121 Å². The van der Waals surface area contributed by atoms with Crippen molar-refractivity contribution in [2.45, 2.75) is 0 Å². The second-order valence-electron chi connectivity index (χ2n) is 4.77. The third-order valence-corrected chi connectivity index (χ3v) is 5.05. The second kappa shape index (κ2) is 4.91. The summed E-state index contributed by atoms with van der Waals surface area (Å²) in [6.45, 7) is 2.02. The average Bonchev–Trinajstić information content (AvgIpc) is 2.83. The van der Waals surface area contributed by atoms with Crippen LogP contribution >= 0.6 is 11.6 Å². The van der Waals surface area contributed by atoms with Gasteiger partial charge < -0.3 is 9.42 Å². The number of rotatable bonds is 2. The molecule has 0 spiro atoms. The first kappa shape index (κ1) is 13.7. The van der Waals surface area contributed by atoms with E-state index in [1.165, 1.54) is 10.6 Å². The lowest BCUT2D eigenvalue weighted by molar-refractivity contribution is 0.382. The molecule has 1 aromatic carbocycles. The zero-order valence-electron chi connectivity index (χ0n) is 10.9. The smallest absolute Gasteiger partial charge is 0.211 e. The van der Waals surface area contributed by atoms with E-state index < -0.39 is 10.0 Å². The molecule has 0 unspecified atom stereocenters. The lowest BCUT2D eigenvalue weighted by Crippen LogP contribution is -2.48. The summed E-state index contributed by atoms with van der Waals surface area (Å²) in [5.74, 6) is 0.679. The number of fused-ring (bicyclic) bond motifs is 1. The number of hydrogen-bond donors (Lipinski definition) is 0. The van der Waals surface area contributed by atoms with Gasteiger partial charge in [0.05, 0.1) is 16.7 Å². The number of anilines is 1. The first-order valence-corrected chi connectivity index (χ1v) is 8.43. The Morgan fingerprint density at radius 1 is 1.25 bits per heavy atom. The highest BCUT2D eigenvalue weighted by Gasteiger charge is 2.26. The molecule has 1 aliphatic heterocycles. The minimum Gasteiger partial charge on any atom is -0.354 e. The molecule has 6 nitrogen and oxygen atoms in total. The topological polar surface area (TPSA) is 66.7 Å². The summed E-state index contributed by atoms with van der Waals surface area (Å²) in [5.41, 5.74) is 0.637. The molecule has 0 atom stereocenters. The highest BCUT2D eigenvalue weighted by molar-refractivity contribution is 7.88. The van der Waals surface area contributed by atoms with Crippen molar-refractivity contribution < 1.29 is 12.9 Å². The summed E-state index contributed by atoms with van der Waals surface area (Å²) in [6.07, 6.45) is 1.23. The fourth-order valence-electron chi connectivity index (χ4n) is 2.38. The third-order valence-electron chi connectivity index (χ3n) is 3.44. The Kier molecular flexibility index (Phi) is 3.35. The largest absolute Gasteiger partial charge is 0.354 e. The van der Waals surface area contributed by atoms with E-state index in [1.807, 2.05) is 11.0 Å². The number of hydrogen-bond acceptors (Lipinski definition) is 5. The molecule has 1 aliphatic rings. The van der Waals surface area contributed by atoms with Crippen LogP contribution in [0.5, 0.6) is 0 Å². The summed E-state index contributed by atoms with van der Waals surface area (Å²) in [6, 6.07) is 5.41. The molecule has 2 heterocycles. The fourth-order valence-corrected chi connectivity index (χ4v) is 3.46. The summed E-state index contributed by atoms with van der Waals surface area (Å²) >= 11 is 6.19. The van der Waals surface area contributed by atoms with E-state index in [1.54, 1.807) is 12.1 Å². The van der Waals surface area contributed by atoms with Crippen molar-refractivity contribution in [2.75, 3.05) is 37.3 Å². The Morgan fingerprint density at radius 2 is 1.95 bits per heavy atom. The number of halogens is 1. The summed E-state index contributed by atoms with van der Waals surface area (Å²) in [5, 5.41) is 5.43. The molecular weight excluding hydrogens is 302 g/mol. The van der Waals surface area contributed by atoms with E-state index in [0.29, 0.717) is 42.6 Å². The minimum atomic E-state index is -3.13. The normalized spacial score (nSPS) is 17.8. The Balaban J connectivity index is 1.87. The van der Waals surface area contributed by atoms with Gasteiger partial charge in [-0.2, -0.15) is 4.31 Å². The van der Waals surface area contributed by atoms with Crippen molar-refractivity contribution in [2.24, 2.45) is 0 Å². The average molecular weight is 316 g/mol. The molecule has 0 amide bonds. The fraction of sp³-hybridized carbons (Fsp3) is 0.417. The molecule has 0 saturated carbocycles. The monoisotopic (exact) mass is 315 g/mol. The van der Waals surface area contributed by atoms with E-state index >= 15 is 0 Å². The zero-order chi connectivity index (χ0) is 14.3. The molecule has 8 heteroatoms. The molecule has 3 rings (SSSR count). The van der Waals surface area contributed by atoms with Gasteiger partial charge >= 0.3 is 0 Å². The van der Waals surface area contributed by atoms with Crippen molar-refractivity contribution in [3.05, 3.63) is 23.2 Å². The molecule has 108 valence electrons. The van der Waals surface area contributed by atoms with Gasteiger partial charge in [0.1, 0.15) is 0 Å². The van der Waals surface area contributed by atoms with E-state index in [9.17, 15) is 8.42 Å². The van der Waals surface area contributed by atoms with Crippen LogP contribution in [0.15, 0.2) is 22.7 Å². The summed E-state index contributed by atoms with van der Waals surface area (Å²) in [4.78, 5) is 2.00. The quantitative estimate of drug-likeness (QED) is 0.841. The molecule has 20 heavy (non-hydrogen) atoms. The van der Waals surface area contributed by atoms with Crippen LogP contribution in [0.2, 0.25) is 5.02 Å². The number of piperazine rings is 1. The SMILES string of the molecule is CS(=O)(=O)N1CCN(c2noc3cccc(Cl)c23)CC1. The van der Waals surface area contributed by atoms with Gasteiger partial charge in [-0.3, -0.25) is 0 Å². The third kappa shape index (κ3) is 2.36. The van der Waals surface area contributed by atoms with Gasteiger partial charge in [-0.25, -0.2) is 8.42 Å². The van der Waals surface area contributed by atoms with Gasteiger partial charge in [-0.05, 0) is 12.1 Å². The first-order valence-electron chi connectivity index (χ1n) is 6.21. The molecule has 1 saturated heterocycles. The van der Waals surface area contributed by atoms with Crippen LogP contribution in [-0.2, 0) is 10.0 Å². The van der Waals surface area contributed by atoms with Gasteiger partial charge in [0.25, 0.3) is 0 Å². The Morgan fingerprint density at radius 3 is 2.60 bits per heavy atom. The molecule has 0 radical (unpaired) electrons. The van der Waals surface area contributed by atoms with Crippen LogP contribution in [0.3, 0.4) is 0 Å². The number of aromatic nitrogens is 1. The maximum atomic E-state index is 11.5. The molecule has 0 N–H and O–H groups in total. The molecule has 0 bridgehead atoms. The van der Waals surface area contributed by atoms with Crippen LogP contribution in [0.4, 0.5) is 5.82 Å². The van der Waals surface area contributed by atoms with E-state index in [0.717, 1.165) is 5.39 Å². The van der Waals surface area contributed by atoms with Crippen molar-refractivity contribution >= 4 is 38.4 Å². The lowest BCUT2D eigenvalue weighted by Gasteiger charge is -2.33. The van der Waals surface area contributed by atoms with Gasteiger partial charge in [-0.15, -0.1) is 0 Å². The van der Waals surface area contributed by atoms with Crippen LogP contribution in [0.1, 0.15) is 0 Å². The van der Waals surface area contributed by atoms with Crippen molar-refractivity contribution in [3.8, 4) is 0 Å². The zero-order valence-corrected chi connectivity index (χ0v) is 12.5. The van der Waals surface area contributed by atoms with E-state index in [2.05, 4.69) is 5.16 Å². The maximum Gasteiger partial charge on any atom is 0.211 e. The van der Waals surface area contributed by atoms with Gasteiger partial charge in [-0.1, -0.05) is 22.8 Å². The Hall–Kier alpha value is -1.31. The summed E-state index contributed by atoms with van der Waals surface area (Å²) in [7, 11) is -3.13. The summed E-state index contributed by atoms with van der Waals surface area (Å²) < 4.78 is 29.7. The number of nitrogens with zero attached hydrogens (tertiary/aromatic N) is 3. The highest BCUT2D eigenvalue weighted by atomic mass is 35.5. The van der Waals surface area contributed by atoms with Crippen LogP contribution < -0.4 is 4.90 Å². The predicted molar refractivity (Wildman–Crippen MR) is 77.6 cm³/mol. The van der Waals surface area contributed by atoms with Crippen LogP contribution in [0.25, 0.3) is 11.0 Å². The number of sulfonamides is 1. The van der Waals surface area contributed by atoms with Gasteiger partial charge in [0.15, 0.2) is 11.4 Å². The van der Waals surface area contributed by atoms with E-state index in [4.69, 9.17) is 16.1 Å². The second-order valence-corrected chi connectivity index (χ2v) is 7.16. The van der Waals surface area contributed by atoms with Crippen molar-refractivity contribution in [1.29, 1.82) is 0 Å². The molecule has 2 aromatic rings. The van der Waals surface area contributed by atoms with Crippen LogP contribution in [-0.4, -0.2) is 50.3 Å². The molecule has 1 aromatic heterocycles. The predicted octanol–water partition coefficient (Wildman–Crippen LogP) is 1.56. The molecular formula is C12H14ClN3O3S. The lowest BCUT2D eigenvalue weighted by atomic mass is 10.2. The van der Waals surface area contributed by atoms with Crippen molar-refractivity contribution in [3.63, 3.8) is 0 Å². The van der Waals surface area contributed by atoms with Gasteiger partial charge in [0, 0.05) is 26.2 Å². The first-order chi connectivity index (χ1) is 9.47. The Bertz CT molecular complexity index is 735. The van der Waals surface area contributed by atoms with E-state index in [-0.39, 0.29) is 0 Å². The molecule has 1 fully saturated rings. The highest BCUT2D eigenvalue weighted by Crippen LogP contribution is 2.32. The van der Waals surface area contributed by atoms with Crippen LogP contribution in [0, 0.1) is 0 Å². The van der Waals surface area contributed by atoms with Crippen molar-refractivity contribution in [1.82, 2.24) is 9.46 Å². The standard InChI is InChI=1S/C12H14ClN3O3S/c1-20(17,18)16-7-5-15(6-8-16)12-11-9(13)3-2-4-10(11)19-14-12/h2-4H,5-8H2,1H3. The van der Waals surface area contributed by atoms with Gasteiger partial charge in [0.2, 0.25) is 10.0 Å². The number of benzene rings is 1. The molecule has 0 aliphatic carbocycles.